The van der Waals surface area contributed by atoms with E-state index in [2.05, 4.69) is 24.5 Å². The van der Waals surface area contributed by atoms with E-state index in [1.165, 1.54) is 148 Å². The third kappa shape index (κ3) is 42.0. The van der Waals surface area contributed by atoms with Crippen LogP contribution in [-0.4, -0.2) is 86.2 Å². The van der Waals surface area contributed by atoms with E-state index in [9.17, 15) is 15.3 Å². The summed E-state index contributed by atoms with van der Waals surface area (Å²) in [4.78, 5) is 0. The maximum absolute atomic E-state index is 10.2. The molecule has 5 N–H and O–H groups in total. The van der Waals surface area contributed by atoms with Crippen molar-refractivity contribution in [2.45, 2.75) is 218 Å². The number of rotatable bonds is 43. The largest absolute Gasteiger partial charge is 0.393 e. The molecule has 0 heterocycles. The quantitative estimate of drug-likeness (QED) is 0.0404. The zero-order valence-electron chi connectivity index (χ0n) is 33.1. The van der Waals surface area contributed by atoms with Crippen molar-refractivity contribution in [1.29, 1.82) is 0 Å². The van der Waals surface area contributed by atoms with Gasteiger partial charge in [-0.1, -0.05) is 174 Å². The topological polar surface area (TPSA) is 103 Å². The van der Waals surface area contributed by atoms with Crippen LogP contribution in [0.4, 0.5) is 0 Å². The lowest BCUT2D eigenvalue weighted by Crippen LogP contribution is -2.30. The van der Waals surface area contributed by atoms with Gasteiger partial charge < -0.3 is 35.4 Å². The Morgan fingerprint density at radius 2 is 0.612 bits per heavy atom. The van der Waals surface area contributed by atoms with Gasteiger partial charge in [0.15, 0.2) is 0 Å². The third-order valence-electron chi connectivity index (χ3n) is 9.83. The predicted molar refractivity (Wildman–Crippen MR) is 211 cm³/mol. The van der Waals surface area contributed by atoms with Gasteiger partial charge in [-0.05, 0) is 25.7 Å². The second-order valence-electron chi connectivity index (χ2n) is 14.9. The lowest BCUT2D eigenvalue weighted by atomic mass is 10.0. The molecule has 0 spiro atoms. The van der Waals surface area contributed by atoms with Crippen LogP contribution in [-0.2, 0) is 9.47 Å². The van der Waals surface area contributed by atoms with Gasteiger partial charge in [-0.2, -0.15) is 0 Å². The van der Waals surface area contributed by atoms with Crippen molar-refractivity contribution in [3.8, 4) is 0 Å². The maximum atomic E-state index is 10.2. The summed E-state index contributed by atoms with van der Waals surface area (Å²) in [6.45, 7) is 9.69. The zero-order valence-corrected chi connectivity index (χ0v) is 33.1. The molecule has 0 aromatic carbocycles. The van der Waals surface area contributed by atoms with Crippen molar-refractivity contribution in [3.05, 3.63) is 0 Å². The third-order valence-corrected chi connectivity index (χ3v) is 9.83. The van der Waals surface area contributed by atoms with Gasteiger partial charge in [0.25, 0.3) is 0 Å². The Morgan fingerprint density at radius 3 is 0.918 bits per heavy atom. The Balaban J connectivity index is 3.26. The average Bonchev–Trinajstić information content (AvgIpc) is 3.09. The fraction of sp³-hybridized carbons (Fsp3) is 1.00. The number of hydrogen-bond donors (Lipinski definition) is 5. The second kappa shape index (κ2) is 42.1. The fourth-order valence-corrected chi connectivity index (χ4v) is 6.52. The Kier molecular flexibility index (Phi) is 41.9. The molecule has 7 nitrogen and oxygen atoms in total. The van der Waals surface area contributed by atoms with Gasteiger partial charge in [0.05, 0.1) is 44.7 Å². The molecule has 0 saturated carbocycles. The molecule has 0 fully saturated rings. The van der Waals surface area contributed by atoms with E-state index < -0.39 is 0 Å². The molecule has 0 aliphatic carbocycles. The Bertz CT molecular complexity index is 599. The molecule has 296 valence electrons. The molecule has 0 aliphatic rings. The molecule has 3 unspecified atom stereocenters. The highest BCUT2D eigenvalue weighted by atomic mass is 16.5. The Morgan fingerprint density at radius 1 is 0.347 bits per heavy atom. The molecule has 49 heavy (non-hydrogen) atoms. The number of aliphatic hydroxyl groups is 3. The van der Waals surface area contributed by atoms with Gasteiger partial charge in [0.2, 0.25) is 0 Å². The number of hydrogen-bond acceptors (Lipinski definition) is 7. The van der Waals surface area contributed by atoms with E-state index in [0.717, 1.165) is 51.6 Å². The molecule has 0 aromatic rings. The lowest BCUT2D eigenvalue weighted by Gasteiger charge is -2.13. The molecule has 0 saturated heterocycles. The van der Waals surface area contributed by atoms with Crippen LogP contribution in [0.15, 0.2) is 0 Å². The molecule has 0 amide bonds. The van der Waals surface area contributed by atoms with Crippen LogP contribution in [0.2, 0.25) is 0 Å². The normalized spacial score (nSPS) is 13.7. The zero-order chi connectivity index (χ0) is 35.7. The average molecular weight is 701 g/mol. The van der Waals surface area contributed by atoms with Crippen LogP contribution in [0.25, 0.3) is 0 Å². The van der Waals surface area contributed by atoms with E-state index in [0.29, 0.717) is 39.5 Å². The van der Waals surface area contributed by atoms with Gasteiger partial charge in [-0.25, -0.2) is 0 Å². The Labute approximate surface area is 305 Å². The first-order chi connectivity index (χ1) is 24.1. The second-order valence-corrected chi connectivity index (χ2v) is 14.9. The van der Waals surface area contributed by atoms with Crippen molar-refractivity contribution in [2.24, 2.45) is 0 Å². The molecule has 3 atom stereocenters. The van der Waals surface area contributed by atoms with Crippen LogP contribution in [0.1, 0.15) is 200 Å². The standard InChI is InChI=1S/C42H88N2O5/c1-3-5-7-9-11-16-20-24-28-40(45)29-25-21-18-14-13-15-19-23-27-31-42(47)39-44-33-35-49-37-36-48-34-32-43-38-41(46)30-26-22-17-12-10-8-6-4-2/h40-47H,3-39H2,1-2H3. The van der Waals surface area contributed by atoms with Crippen molar-refractivity contribution >= 4 is 0 Å². The molecule has 0 rings (SSSR count). The van der Waals surface area contributed by atoms with E-state index in [4.69, 9.17) is 9.47 Å². The molecule has 7 heteroatoms. The van der Waals surface area contributed by atoms with Crippen LogP contribution in [0, 0.1) is 0 Å². The van der Waals surface area contributed by atoms with E-state index in [-0.39, 0.29) is 18.3 Å². The summed E-state index contributed by atoms with van der Waals surface area (Å²) < 4.78 is 11.2. The molecule has 0 aliphatic heterocycles. The lowest BCUT2D eigenvalue weighted by molar-refractivity contribution is 0.0478. The van der Waals surface area contributed by atoms with Crippen LogP contribution in [0.3, 0.4) is 0 Å². The summed E-state index contributed by atoms with van der Waals surface area (Å²) in [5.41, 5.74) is 0. The van der Waals surface area contributed by atoms with Crippen LogP contribution >= 0.6 is 0 Å². The summed E-state index contributed by atoms with van der Waals surface area (Å²) in [5.74, 6) is 0. The summed E-state index contributed by atoms with van der Waals surface area (Å²) in [7, 11) is 0. The summed E-state index contributed by atoms with van der Waals surface area (Å²) in [5, 5.41) is 37.1. The number of unbranched alkanes of at least 4 members (excludes halogenated alkanes) is 22. The van der Waals surface area contributed by atoms with Crippen LogP contribution in [0.5, 0.6) is 0 Å². The van der Waals surface area contributed by atoms with E-state index >= 15 is 0 Å². The first-order valence-electron chi connectivity index (χ1n) is 21.7. The monoisotopic (exact) mass is 701 g/mol. The fourth-order valence-electron chi connectivity index (χ4n) is 6.52. The first kappa shape index (κ1) is 48.7. The highest BCUT2D eigenvalue weighted by Crippen LogP contribution is 2.16. The minimum absolute atomic E-state index is 0.0796. The molecular weight excluding hydrogens is 612 g/mol. The summed E-state index contributed by atoms with van der Waals surface area (Å²) >= 11 is 0. The van der Waals surface area contributed by atoms with Gasteiger partial charge in [-0.3, -0.25) is 0 Å². The van der Waals surface area contributed by atoms with Gasteiger partial charge in [0.1, 0.15) is 0 Å². The predicted octanol–water partition coefficient (Wildman–Crippen LogP) is 9.63. The van der Waals surface area contributed by atoms with Gasteiger partial charge in [-0.15, -0.1) is 0 Å². The van der Waals surface area contributed by atoms with Crippen LogP contribution < -0.4 is 10.6 Å². The Hall–Kier alpha value is -0.280. The highest BCUT2D eigenvalue weighted by Gasteiger charge is 2.06. The minimum Gasteiger partial charge on any atom is -0.393 e. The van der Waals surface area contributed by atoms with Crippen molar-refractivity contribution in [2.75, 3.05) is 52.6 Å². The SMILES string of the molecule is CCCCCCCCCCC(O)CCCCCCCCCCCC(O)CNCCOCCOCCNCC(O)CCCCCCCCCC. The molecular formula is C42H88N2O5. The summed E-state index contributed by atoms with van der Waals surface area (Å²) in [6.07, 6.45) is 35.4. The maximum Gasteiger partial charge on any atom is 0.0701 e. The minimum atomic E-state index is -0.277. The smallest absolute Gasteiger partial charge is 0.0701 e. The number of ether oxygens (including phenoxy) is 2. The molecule has 0 bridgehead atoms. The summed E-state index contributed by atoms with van der Waals surface area (Å²) in [6, 6.07) is 0. The molecule has 0 aromatic heterocycles. The number of aliphatic hydroxyl groups excluding tert-OH is 3. The van der Waals surface area contributed by atoms with Gasteiger partial charge >= 0.3 is 0 Å². The van der Waals surface area contributed by atoms with Crippen molar-refractivity contribution in [1.82, 2.24) is 10.6 Å². The van der Waals surface area contributed by atoms with Crippen molar-refractivity contribution in [3.63, 3.8) is 0 Å². The highest BCUT2D eigenvalue weighted by molar-refractivity contribution is 4.62. The molecule has 0 radical (unpaired) electrons. The first-order valence-corrected chi connectivity index (χ1v) is 21.7. The van der Waals surface area contributed by atoms with E-state index in [1.54, 1.807) is 0 Å². The van der Waals surface area contributed by atoms with Gasteiger partial charge in [0, 0.05) is 26.2 Å². The van der Waals surface area contributed by atoms with E-state index in [1.807, 2.05) is 0 Å². The number of nitrogens with one attached hydrogen (secondary N) is 2. The van der Waals surface area contributed by atoms with Crippen molar-refractivity contribution < 1.29 is 24.8 Å².